The van der Waals surface area contributed by atoms with E-state index in [-0.39, 0.29) is 11.8 Å². The lowest BCUT2D eigenvalue weighted by molar-refractivity contribution is -0.119. The minimum Gasteiger partial charge on any atom is -0.322 e. The van der Waals surface area contributed by atoms with Crippen molar-refractivity contribution >= 4 is 34.0 Å². The third-order valence-electron chi connectivity index (χ3n) is 4.79. The van der Waals surface area contributed by atoms with Crippen molar-refractivity contribution in [3.63, 3.8) is 0 Å². The van der Waals surface area contributed by atoms with Gasteiger partial charge in [0.2, 0.25) is 5.91 Å². The molecule has 0 aliphatic carbocycles. The summed E-state index contributed by atoms with van der Waals surface area (Å²) in [5, 5.41) is 4.92. The predicted molar refractivity (Wildman–Crippen MR) is 105 cm³/mol. The van der Waals surface area contributed by atoms with Crippen LogP contribution in [0.3, 0.4) is 0 Å². The van der Waals surface area contributed by atoms with Gasteiger partial charge in [0.1, 0.15) is 0 Å². The Hall–Kier alpha value is -3.14. The largest absolute Gasteiger partial charge is 0.322 e. The Labute approximate surface area is 152 Å². The summed E-state index contributed by atoms with van der Waals surface area (Å²) in [4.78, 5) is 26.5. The van der Waals surface area contributed by atoms with Gasteiger partial charge in [0.25, 0.3) is 5.91 Å². The van der Waals surface area contributed by atoms with E-state index in [2.05, 4.69) is 5.32 Å². The molecule has 1 aliphatic heterocycles. The zero-order chi connectivity index (χ0) is 17.9. The van der Waals surface area contributed by atoms with Gasteiger partial charge in [0.05, 0.1) is 0 Å². The monoisotopic (exact) mass is 344 g/mol. The molecule has 26 heavy (non-hydrogen) atoms. The van der Waals surface area contributed by atoms with Crippen molar-refractivity contribution in [2.45, 2.75) is 19.3 Å². The average molecular weight is 344 g/mol. The van der Waals surface area contributed by atoms with Crippen molar-refractivity contribution in [1.82, 2.24) is 0 Å². The fraction of sp³-hybridized carbons (Fsp3) is 0.182. The molecule has 1 fully saturated rings. The maximum atomic E-state index is 12.7. The molecule has 1 heterocycles. The van der Waals surface area contributed by atoms with Crippen molar-refractivity contribution in [3.05, 3.63) is 72.3 Å². The maximum Gasteiger partial charge on any atom is 0.256 e. The van der Waals surface area contributed by atoms with E-state index in [4.69, 9.17) is 0 Å². The predicted octanol–water partition coefficient (Wildman–Crippen LogP) is 4.61. The van der Waals surface area contributed by atoms with Gasteiger partial charge >= 0.3 is 0 Å². The molecular weight excluding hydrogens is 324 g/mol. The molecule has 4 rings (SSSR count). The van der Waals surface area contributed by atoms with Crippen LogP contribution >= 0.6 is 0 Å². The highest BCUT2D eigenvalue weighted by Gasteiger charge is 2.19. The Morgan fingerprint density at radius 2 is 1.65 bits per heavy atom. The van der Waals surface area contributed by atoms with Crippen LogP contribution in [-0.2, 0) is 4.79 Å². The molecule has 0 unspecified atom stereocenters. The molecule has 4 nitrogen and oxygen atoms in total. The number of fused-ring (bicyclic) bond motifs is 1. The molecule has 0 bridgehead atoms. The van der Waals surface area contributed by atoms with Crippen molar-refractivity contribution < 1.29 is 9.59 Å². The molecule has 1 N–H and O–H groups in total. The molecule has 1 aliphatic rings. The molecule has 130 valence electrons. The Morgan fingerprint density at radius 3 is 2.46 bits per heavy atom. The summed E-state index contributed by atoms with van der Waals surface area (Å²) >= 11 is 0. The van der Waals surface area contributed by atoms with E-state index in [9.17, 15) is 9.59 Å². The number of carbonyl (C=O) groups excluding carboxylic acids is 2. The third kappa shape index (κ3) is 3.18. The van der Waals surface area contributed by atoms with Gasteiger partial charge in [-0.15, -0.1) is 0 Å². The molecule has 0 atom stereocenters. The van der Waals surface area contributed by atoms with E-state index in [0.29, 0.717) is 12.0 Å². The summed E-state index contributed by atoms with van der Waals surface area (Å²) in [5.41, 5.74) is 2.26. The summed E-state index contributed by atoms with van der Waals surface area (Å²) in [5.74, 6) is 0.0346. The lowest BCUT2D eigenvalue weighted by Crippen LogP contribution is -2.35. The first-order chi connectivity index (χ1) is 12.7. The third-order valence-corrected chi connectivity index (χ3v) is 4.79. The van der Waals surface area contributed by atoms with Crippen LogP contribution in [0.25, 0.3) is 10.8 Å². The van der Waals surface area contributed by atoms with E-state index in [1.54, 1.807) is 0 Å². The normalized spacial score (nSPS) is 14.5. The standard InChI is InChI=1S/C22H20N2O2/c25-21-10-3-4-15-24(21)18-13-11-17(12-14-18)23-22(26)20-9-5-7-16-6-1-2-8-19(16)20/h1-2,5-9,11-14H,3-4,10,15H2,(H,23,26). The van der Waals surface area contributed by atoms with Gasteiger partial charge in [-0.1, -0.05) is 36.4 Å². The van der Waals surface area contributed by atoms with Crippen LogP contribution in [0.4, 0.5) is 11.4 Å². The van der Waals surface area contributed by atoms with Crippen LogP contribution in [0.2, 0.25) is 0 Å². The second-order valence-electron chi connectivity index (χ2n) is 6.53. The summed E-state index contributed by atoms with van der Waals surface area (Å²) < 4.78 is 0. The zero-order valence-electron chi connectivity index (χ0n) is 14.4. The Morgan fingerprint density at radius 1 is 0.885 bits per heavy atom. The lowest BCUT2D eigenvalue weighted by Gasteiger charge is -2.26. The smallest absolute Gasteiger partial charge is 0.256 e. The number of hydrogen-bond donors (Lipinski definition) is 1. The Bertz CT molecular complexity index is 958. The topological polar surface area (TPSA) is 49.4 Å². The Kier molecular flexibility index (Phi) is 4.40. The van der Waals surface area contributed by atoms with Gasteiger partial charge in [0.15, 0.2) is 0 Å². The molecule has 3 aromatic carbocycles. The molecule has 0 spiro atoms. The van der Waals surface area contributed by atoms with E-state index in [1.807, 2.05) is 71.6 Å². The van der Waals surface area contributed by atoms with Gasteiger partial charge in [-0.3, -0.25) is 9.59 Å². The van der Waals surface area contributed by atoms with Crippen LogP contribution in [0.15, 0.2) is 66.7 Å². The van der Waals surface area contributed by atoms with Gasteiger partial charge in [0, 0.05) is 29.9 Å². The number of hydrogen-bond acceptors (Lipinski definition) is 2. The van der Waals surface area contributed by atoms with Gasteiger partial charge in [-0.25, -0.2) is 0 Å². The van der Waals surface area contributed by atoms with E-state index >= 15 is 0 Å². The van der Waals surface area contributed by atoms with Crippen LogP contribution < -0.4 is 10.2 Å². The summed E-state index contributed by atoms with van der Waals surface area (Å²) in [6.07, 6.45) is 2.61. The SMILES string of the molecule is O=C(Nc1ccc(N2CCCCC2=O)cc1)c1cccc2ccccc12. The van der Waals surface area contributed by atoms with E-state index in [0.717, 1.165) is 41.5 Å². The number of amides is 2. The number of carbonyl (C=O) groups is 2. The van der Waals surface area contributed by atoms with Crippen LogP contribution in [0.1, 0.15) is 29.6 Å². The second-order valence-corrected chi connectivity index (χ2v) is 6.53. The summed E-state index contributed by atoms with van der Waals surface area (Å²) in [7, 11) is 0. The zero-order valence-corrected chi connectivity index (χ0v) is 14.4. The maximum absolute atomic E-state index is 12.7. The van der Waals surface area contributed by atoms with Crippen molar-refractivity contribution in [3.8, 4) is 0 Å². The summed E-state index contributed by atoms with van der Waals surface area (Å²) in [6, 6.07) is 21.0. The number of anilines is 2. The first-order valence-corrected chi connectivity index (χ1v) is 8.92. The number of piperidine rings is 1. The quantitative estimate of drug-likeness (QED) is 0.754. The first-order valence-electron chi connectivity index (χ1n) is 8.92. The molecule has 3 aromatic rings. The van der Waals surface area contributed by atoms with Crippen molar-refractivity contribution in [1.29, 1.82) is 0 Å². The highest BCUT2D eigenvalue weighted by atomic mass is 16.2. The molecule has 4 heteroatoms. The van der Waals surface area contributed by atoms with Gasteiger partial charge < -0.3 is 10.2 Å². The molecule has 0 saturated carbocycles. The van der Waals surface area contributed by atoms with Gasteiger partial charge in [-0.05, 0) is 53.9 Å². The van der Waals surface area contributed by atoms with Crippen molar-refractivity contribution in [2.75, 3.05) is 16.8 Å². The fourth-order valence-corrected chi connectivity index (χ4v) is 3.43. The molecule has 0 aromatic heterocycles. The average Bonchev–Trinajstić information content (AvgIpc) is 2.68. The molecule has 0 radical (unpaired) electrons. The minimum absolute atomic E-state index is 0.136. The van der Waals surface area contributed by atoms with Gasteiger partial charge in [-0.2, -0.15) is 0 Å². The Balaban J connectivity index is 1.53. The van der Waals surface area contributed by atoms with Crippen LogP contribution in [0, 0.1) is 0 Å². The second kappa shape index (κ2) is 7.00. The van der Waals surface area contributed by atoms with E-state index < -0.39 is 0 Å². The van der Waals surface area contributed by atoms with Crippen LogP contribution in [-0.4, -0.2) is 18.4 Å². The fourth-order valence-electron chi connectivity index (χ4n) is 3.43. The molecular formula is C22H20N2O2. The highest BCUT2D eigenvalue weighted by molar-refractivity contribution is 6.13. The molecule has 1 saturated heterocycles. The van der Waals surface area contributed by atoms with E-state index in [1.165, 1.54) is 0 Å². The highest BCUT2D eigenvalue weighted by Crippen LogP contribution is 2.24. The summed E-state index contributed by atoms with van der Waals surface area (Å²) in [6.45, 7) is 0.764. The van der Waals surface area contributed by atoms with Crippen molar-refractivity contribution in [2.24, 2.45) is 0 Å². The minimum atomic E-state index is -0.136. The number of nitrogens with zero attached hydrogens (tertiary/aromatic N) is 1. The number of benzene rings is 3. The van der Waals surface area contributed by atoms with Crippen LogP contribution in [0.5, 0.6) is 0 Å². The first kappa shape index (κ1) is 16.3. The number of nitrogens with one attached hydrogen (secondary N) is 1. The number of rotatable bonds is 3. The molecule has 2 amide bonds. The lowest BCUT2D eigenvalue weighted by atomic mass is 10.0.